The molecule has 116 valence electrons. The zero-order chi connectivity index (χ0) is 16.0. The van der Waals surface area contributed by atoms with Gasteiger partial charge in [0, 0.05) is 25.4 Å². The maximum absolute atomic E-state index is 11.4. The Morgan fingerprint density at radius 2 is 2.19 bits per heavy atom. The zero-order valence-electron chi connectivity index (χ0n) is 11.1. The van der Waals surface area contributed by atoms with Crippen molar-refractivity contribution in [1.82, 2.24) is 9.71 Å². The molecule has 1 aromatic rings. The lowest BCUT2D eigenvalue weighted by molar-refractivity contribution is -0.384. The molecule has 11 heteroatoms. The Balaban J connectivity index is 2.84. The van der Waals surface area contributed by atoms with Gasteiger partial charge in [-0.1, -0.05) is 6.92 Å². The van der Waals surface area contributed by atoms with E-state index in [0.29, 0.717) is 0 Å². The molecule has 0 unspecified atom stereocenters. The van der Waals surface area contributed by atoms with Crippen LogP contribution in [0.1, 0.15) is 17.3 Å². The number of sulfonamides is 1. The summed E-state index contributed by atoms with van der Waals surface area (Å²) in [7, 11) is -3.46. The first-order chi connectivity index (χ1) is 9.76. The molecule has 0 saturated heterocycles. The summed E-state index contributed by atoms with van der Waals surface area (Å²) >= 11 is 0. The molecular formula is C10H14N4O6S. The van der Waals surface area contributed by atoms with Gasteiger partial charge in [0.05, 0.1) is 16.2 Å². The number of aromatic carboxylic acids is 1. The summed E-state index contributed by atoms with van der Waals surface area (Å²) in [6.45, 7) is 1.77. The van der Waals surface area contributed by atoms with Crippen molar-refractivity contribution in [3.05, 3.63) is 27.9 Å². The molecule has 1 heterocycles. The molecule has 10 nitrogen and oxygen atoms in total. The molecule has 21 heavy (non-hydrogen) atoms. The zero-order valence-corrected chi connectivity index (χ0v) is 11.9. The number of nitrogens with one attached hydrogen (secondary N) is 2. The molecule has 0 amide bonds. The lowest BCUT2D eigenvalue weighted by Gasteiger charge is -2.07. The number of carbonyl (C=O) groups is 1. The standard InChI is InChI=1S/C10H14N4O6S/c1-2-13-21(19,20)4-3-11-9-8(14(17)18)5-7(6-12-9)10(15)16/h5-6,13H,2-4H2,1H3,(H,11,12)(H,15,16). The lowest BCUT2D eigenvalue weighted by Crippen LogP contribution is -2.29. The highest BCUT2D eigenvalue weighted by Gasteiger charge is 2.19. The number of pyridine rings is 1. The minimum atomic E-state index is -3.46. The van der Waals surface area contributed by atoms with Crippen molar-refractivity contribution in [3.63, 3.8) is 0 Å². The van der Waals surface area contributed by atoms with E-state index >= 15 is 0 Å². The molecule has 3 N–H and O–H groups in total. The SMILES string of the molecule is CCNS(=O)(=O)CCNc1ncc(C(=O)O)cc1[N+](=O)[O-]. The molecule has 0 aromatic carbocycles. The Morgan fingerprint density at radius 3 is 2.71 bits per heavy atom. The average Bonchev–Trinajstić information content (AvgIpc) is 2.38. The molecule has 0 atom stereocenters. The van der Waals surface area contributed by atoms with E-state index in [9.17, 15) is 23.3 Å². The number of carboxylic acid groups (broad SMARTS) is 1. The van der Waals surface area contributed by atoms with Crippen molar-refractivity contribution in [2.45, 2.75) is 6.92 Å². The van der Waals surface area contributed by atoms with Crippen LogP contribution in [-0.4, -0.2) is 48.2 Å². The third kappa shape index (κ3) is 4.96. The highest BCUT2D eigenvalue weighted by atomic mass is 32.2. The van der Waals surface area contributed by atoms with Crippen LogP contribution in [0.2, 0.25) is 0 Å². The van der Waals surface area contributed by atoms with Gasteiger partial charge in [-0.25, -0.2) is 22.9 Å². The highest BCUT2D eigenvalue weighted by Crippen LogP contribution is 2.22. The van der Waals surface area contributed by atoms with E-state index < -0.39 is 26.6 Å². The van der Waals surface area contributed by atoms with E-state index in [-0.39, 0.29) is 30.2 Å². The summed E-state index contributed by atoms with van der Waals surface area (Å²) < 4.78 is 25.1. The summed E-state index contributed by atoms with van der Waals surface area (Å²) in [4.78, 5) is 24.4. The van der Waals surface area contributed by atoms with Crippen LogP contribution in [0.4, 0.5) is 11.5 Å². The van der Waals surface area contributed by atoms with Crippen LogP contribution in [-0.2, 0) is 10.0 Å². The first-order valence-electron chi connectivity index (χ1n) is 5.85. The van der Waals surface area contributed by atoms with E-state index in [1.807, 2.05) is 0 Å². The second kappa shape index (κ2) is 6.95. The summed E-state index contributed by atoms with van der Waals surface area (Å²) in [6.07, 6.45) is 0.955. The van der Waals surface area contributed by atoms with Crippen molar-refractivity contribution in [3.8, 4) is 0 Å². The Morgan fingerprint density at radius 1 is 1.52 bits per heavy atom. The van der Waals surface area contributed by atoms with Gasteiger partial charge in [-0.05, 0) is 0 Å². The first kappa shape index (κ1) is 16.8. The Hall–Kier alpha value is -2.27. The number of carboxylic acids is 1. The molecule has 0 saturated carbocycles. The lowest BCUT2D eigenvalue weighted by atomic mass is 10.2. The molecule has 0 spiro atoms. The summed E-state index contributed by atoms with van der Waals surface area (Å²) in [5.41, 5.74) is -0.858. The van der Waals surface area contributed by atoms with Gasteiger partial charge in [0.1, 0.15) is 0 Å². The second-order valence-electron chi connectivity index (χ2n) is 3.90. The molecule has 0 aliphatic heterocycles. The van der Waals surface area contributed by atoms with Gasteiger partial charge in [-0.15, -0.1) is 0 Å². The van der Waals surface area contributed by atoms with Crippen molar-refractivity contribution in [2.24, 2.45) is 0 Å². The fraction of sp³-hybridized carbons (Fsp3) is 0.400. The topological polar surface area (TPSA) is 152 Å². The first-order valence-corrected chi connectivity index (χ1v) is 7.51. The summed E-state index contributed by atoms with van der Waals surface area (Å²) in [5, 5.41) is 22.1. The van der Waals surface area contributed by atoms with Gasteiger partial charge in [-0.3, -0.25) is 10.1 Å². The molecule has 0 fully saturated rings. The van der Waals surface area contributed by atoms with Crippen LogP contribution in [0.5, 0.6) is 0 Å². The molecule has 0 radical (unpaired) electrons. The van der Waals surface area contributed by atoms with Crippen LogP contribution in [0.3, 0.4) is 0 Å². The molecule has 1 aromatic heterocycles. The summed E-state index contributed by atoms with van der Waals surface area (Å²) in [6, 6.07) is 0.858. The van der Waals surface area contributed by atoms with E-state index in [2.05, 4.69) is 15.0 Å². The monoisotopic (exact) mass is 318 g/mol. The van der Waals surface area contributed by atoms with E-state index in [4.69, 9.17) is 5.11 Å². The average molecular weight is 318 g/mol. The quantitative estimate of drug-likeness (QED) is 0.449. The number of nitro groups is 1. The molecule has 0 bridgehead atoms. The van der Waals surface area contributed by atoms with Crippen molar-refractivity contribution in [1.29, 1.82) is 0 Å². The Bertz CT molecular complexity index is 645. The van der Waals surface area contributed by atoms with Crippen LogP contribution in [0.25, 0.3) is 0 Å². The molecule has 0 aliphatic carbocycles. The van der Waals surface area contributed by atoms with E-state index in [1.54, 1.807) is 6.92 Å². The van der Waals surface area contributed by atoms with Crippen molar-refractivity contribution >= 4 is 27.5 Å². The van der Waals surface area contributed by atoms with Gasteiger partial charge in [-0.2, -0.15) is 0 Å². The molecular weight excluding hydrogens is 304 g/mol. The third-order valence-electron chi connectivity index (χ3n) is 2.34. The fourth-order valence-electron chi connectivity index (χ4n) is 1.44. The van der Waals surface area contributed by atoms with Crippen LogP contribution < -0.4 is 10.0 Å². The Kier molecular flexibility index (Phi) is 5.55. The predicted octanol–water partition coefficient (Wildman–Crippen LogP) is 0.0392. The number of hydrogen-bond donors (Lipinski definition) is 3. The van der Waals surface area contributed by atoms with Crippen LogP contribution >= 0.6 is 0 Å². The second-order valence-corrected chi connectivity index (χ2v) is 5.82. The van der Waals surface area contributed by atoms with Crippen LogP contribution in [0.15, 0.2) is 12.3 Å². The number of hydrogen-bond acceptors (Lipinski definition) is 7. The number of anilines is 1. The van der Waals surface area contributed by atoms with Gasteiger partial charge in [0.15, 0.2) is 0 Å². The van der Waals surface area contributed by atoms with Crippen LogP contribution in [0, 0.1) is 10.1 Å². The van der Waals surface area contributed by atoms with E-state index in [0.717, 1.165) is 12.3 Å². The van der Waals surface area contributed by atoms with Crippen molar-refractivity contribution < 1.29 is 23.2 Å². The van der Waals surface area contributed by atoms with Gasteiger partial charge in [0.25, 0.3) is 0 Å². The van der Waals surface area contributed by atoms with Gasteiger partial charge >= 0.3 is 11.7 Å². The van der Waals surface area contributed by atoms with Crippen molar-refractivity contribution in [2.75, 3.05) is 24.2 Å². The highest BCUT2D eigenvalue weighted by molar-refractivity contribution is 7.89. The molecule has 1 rings (SSSR count). The smallest absolute Gasteiger partial charge is 0.337 e. The maximum Gasteiger partial charge on any atom is 0.337 e. The maximum atomic E-state index is 11.4. The van der Waals surface area contributed by atoms with Gasteiger partial charge in [0.2, 0.25) is 15.8 Å². The molecule has 0 aliphatic rings. The van der Waals surface area contributed by atoms with E-state index in [1.165, 1.54) is 0 Å². The number of aromatic nitrogens is 1. The largest absolute Gasteiger partial charge is 0.478 e. The minimum Gasteiger partial charge on any atom is -0.478 e. The number of nitrogens with zero attached hydrogens (tertiary/aromatic N) is 2. The normalized spacial score (nSPS) is 11.1. The predicted molar refractivity (Wildman–Crippen MR) is 73.8 cm³/mol. The number of rotatable bonds is 8. The fourth-order valence-corrected chi connectivity index (χ4v) is 2.40. The third-order valence-corrected chi connectivity index (χ3v) is 3.81. The Labute approximate surface area is 120 Å². The minimum absolute atomic E-state index is 0.102. The van der Waals surface area contributed by atoms with Gasteiger partial charge < -0.3 is 10.4 Å². The summed E-state index contributed by atoms with van der Waals surface area (Å²) in [5.74, 6) is -1.82.